The van der Waals surface area contributed by atoms with Crippen molar-refractivity contribution in [3.8, 4) is 0 Å². The second-order valence-corrected chi connectivity index (χ2v) is 8.42. The van der Waals surface area contributed by atoms with E-state index >= 15 is 0 Å². The van der Waals surface area contributed by atoms with E-state index in [2.05, 4.69) is 15.6 Å². The summed E-state index contributed by atoms with van der Waals surface area (Å²) in [4.78, 5) is 31.6. The molecule has 2 saturated heterocycles. The average Bonchev–Trinajstić information content (AvgIpc) is 3.13. The number of hydrogen-bond acceptors (Lipinski definition) is 4. The molecular formula is C21H30N4O2. The van der Waals surface area contributed by atoms with Crippen LogP contribution in [0.15, 0.2) is 18.3 Å². The fraction of sp³-hybridized carbons (Fsp3) is 0.667. The molecule has 2 amide bonds. The van der Waals surface area contributed by atoms with Crippen LogP contribution in [0.2, 0.25) is 0 Å². The van der Waals surface area contributed by atoms with Crippen LogP contribution in [0.5, 0.6) is 0 Å². The molecule has 0 aromatic carbocycles. The maximum absolute atomic E-state index is 12.9. The zero-order valence-electron chi connectivity index (χ0n) is 16.1. The van der Waals surface area contributed by atoms with Crippen LogP contribution in [-0.4, -0.2) is 46.9 Å². The Labute approximate surface area is 161 Å². The standard InChI is InChI=1S/C21H30N4O2/c1-14-6-7-19(22-13-14)24-20(26)15-8-10-25(11-9-15)21(27)18-12-16-4-2-3-5-17(16)23-18/h6-7,13,15-18,23H,2-5,8-12H2,1H3,(H,22,24,26). The van der Waals surface area contributed by atoms with Crippen LogP contribution in [-0.2, 0) is 9.59 Å². The number of amides is 2. The maximum atomic E-state index is 12.9. The third kappa shape index (κ3) is 4.15. The smallest absolute Gasteiger partial charge is 0.239 e. The molecule has 1 aromatic heterocycles. The summed E-state index contributed by atoms with van der Waals surface area (Å²) in [6, 6.07) is 4.30. The maximum Gasteiger partial charge on any atom is 0.239 e. The fourth-order valence-electron chi connectivity index (χ4n) is 4.86. The molecule has 3 aliphatic rings. The lowest BCUT2D eigenvalue weighted by Gasteiger charge is -2.33. The van der Waals surface area contributed by atoms with Gasteiger partial charge < -0.3 is 15.5 Å². The monoisotopic (exact) mass is 370 g/mol. The van der Waals surface area contributed by atoms with Crippen molar-refractivity contribution in [2.24, 2.45) is 11.8 Å². The van der Waals surface area contributed by atoms with Crippen molar-refractivity contribution >= 4 is 17.6 Å². The lowest BCUT2D eigenvalue weighted by atomic mass is 9.85. The van der Waals surface area contributed by atoms with Crippen molar-refractivity contribution in [3.63, 3.8) is 0 Å². The Morgan fingerprint density at radius 1 is 1.15 bits per heavy atom. The molecule has 0 bridgehead atoms. The number of carbonyl (C=O) groups is 2. The molecule has 6 nitrogen and oxygen atoms in total. The van der Waals surface area contributed by atoms with Gasteiger partial charge in [-0.05, 0) is 56.6 Å². The number of nitrogens with zero attached hydrogens (tertiary/aromatic N) is 2. The Morgan fingerprint density at radius 3 is 2.63 bits per heavy atom. The zero-order valence-corrected chi connectivity index (χ0v) is 16.1. The largest absolute Gasteiger partial charge is 0.341 e. The van der Waals surface area contributed by atoms with Crippen LogP contribution in [0, 0.1) is 18.8 Å². The topological polar surface area (TPSA) is 74.3 Å². The lowest BCUT2D eigenvalue weighted by molar-refractivity contribution is -0.136. The van der Waals surface area contributed by atoms with Crippen molar-refractivity contribution < 1.29 is 9.59 Å². The molecular weight excluding hydrogens is 340 g/mol. The number of pyridine rings is 1. The van der Waals surface area contributed by atoms with E-state index in [0.717, 1.165) is 24.8 Å². The lowest BCUT2D eigenvalue weighted by Crippen LogP contribution is -2.49. The first kappa shape index (κ1) is 18.4. The van der Waals surface area contributed by atoms with Gasteiger partial charge >= 0.3 is 0 Å². The first-order chi connectivity index (χ1) is 13.1. The highest BCUT2D eigenvalue weighted by atomic mass is 16.2. The van der Waals surface area contributed by atoms with Gasteiger partial charge in [0.05, 0.1) is 6.04 Å². The van der Waals surface area contributed by atoms with Gasteiger partial charge in [0.25, 0.3) is 0 Å². The normalized spacial score (nSPS) is 28.6. The Morgan fingerprint density at radius 2 is 1.93 bits per heavy atom. The summed E-state index contributed by atoms with van der Waals surface area (Å²) in [5, 5.41) is 6.49. The van der Waals surface area contributed by atoms with E-state index in [-0.39, 0.29) is 23.8 Å². The van der Waals surface area contributed by atoms with Crippen LogP contribution in [0.4, 0.5) is 5.82 Å². The number of hydrogen-bond donors (Lipinski definition) is 2. The van der Waals surface area contributed by atoms with E-state index in [9.17, 15) is 9.59 Å². The average molecular weight is 370 g/mol. The molecule has 3 fully saturated rings. The highest BCUT2D eigenvalue weighted by Crippen LogP contribution is 2.34. The number of anilines is 1. The number of likely N-dealkylation sites (tertiary alicyclic amines) is 1. The molecule has 3 heterocycles. The van der Waals surface area contributed by atoms with Gasteiger partial charge in [0.15, 0.2) is 0 Å². The van der Waals surface area contributed by atoms with E-state index in [4.69, 9.17) is 0 Å². The van der Waals surface area contributed by atoms with Crippen molar-refractivity contribution in [2.45, 2.75) is 64.0 Å². The van der Waals surface area contributed by atoms with Gasteiger partial charge in [0, 0.05) is 31.2 Å². The van der Waals surface area contributed by atoms with Gasteiger partial charge in [-0.1, -0.05) is 18.9 Å². The van der Waals surface area contributed by atoms with Gasteiger partial charge in [-0.3, -0.25) is 9.59 Å². The molecule has 146 valence electrons. The van der Waals surface area contributed by atoms with Gasteiger partial charge in [0.2, 0.25) is 11.8 Å². The fourth-order valence-corrected chi connectivity index (χ4v) is 4.86. The summed E-state index contributed by atoms with van der Waals surface area (Å²) in [6.07, 6.45) is 9.25. The van der Waals surface area contributed by atoms with E-state index < -0.39 is 0 Å². The number of rotatable bonds is 3. The number of piperidine rings is 1. The van der Waals surface area contributed by atoms with E-state index in [1.54, 1.807) is 6.20 Å². The van der Waals surface area contributed by atoms with Crippen LogP contribution in [0.1, 0.15) is 50.5 Å². The van der Waals surface area contributed by atoms with E-state index in [1.807, 2.05) is 24.0 Å². The third-order valence-corrected chi connectivity index (χ3v) is 6.50. The Hall–Kier alpha value is -1.95. The number of aryl methyl sites for hydroxylation is 1. The van der Waals surface area contributed by atoms with E-state index in [0.29, 0.717) is 30.9 Å². The molecule has 0 spiro atoms. The minimum absolute atomic E-state index is 0.0137. The molecule has 6 heteroatoms. The molecule has 2 aliphatic heterocycles. The SMILES string of the molecule is Cc1ccc(NC(=O)C2CCN(C(=O)C3CC4CCCCC4N3)CC2)nc1. The molecule has 1 aliphatic carbocycles. The van der Waals surface area contributed by atoms with Crippen molar-refractivity contribution in [3.05, 3.63) is 23.9 Å². The minimum atomic E-state index is -0.0451. The molecule has 2 N–H and O–H groups in total. The van der Waals surface area contributed by atoms with Gasteiger partial charge in [-0.15, -0.1) is 0 Å². The van der Waals surface area contributed by atoms with Gasteiger partial charge in [-0.25, -0.2) is 4.98 Å². The quantitative estimate of drug-likeness (QED) is 0.857. The summed E-state index contributed by atoms with van der Waals surface area (Å²) in [5.41, 5.74) is 1.07. The molecule has 0 radical (unpaired) electrons. The van der Waals surface area contributed by atoms with Crippen LogP contribution in [0.25, 0.3) is 0 Å². The van der Waals surface area contributed by atoms with Crippen LogP contribution < -0.4 is 10.6 Å². The Kier molecular flexibility index (Phi) is 5.43. The second kappa shape index (κ2) is 7.97. The summed E-state index contributed by atoms with van der Waals surface area (Å²) >= 11 is 0. The first-order valence-corrected chi connectivity index (χ1v) is 10.4. The molecule has 4 rings (SSSR count). The summed E-state index contributed by atoms with van der Waals surface area (Å²) in [6.45, 7) is 3.32. The van der Waals surface area contributed by atoms with E-state index in [1.165, 1.54) is 25.7 Å². The molecule has 3 atom stereocenters. The summed E-state index contributed by atoms with van der Waals surface area (Å²) in [5.74, 6) is 1.49. The van der Waals surface area contributed by atoms with Crippen LogP contribution in [0.3, 0.4) is 0 Å². The highest BCUT2D eigenvalue weighted by molar-refractivity contribution is 5.92. The number of fused-ring (bicyclic) bond motifs is 1. The predicted molar refractivity (Wildman–Crippen MR) is 104 cm³/mol. The molecule has 1 saturated carbocycles. The van der Waals surface area contributed by atoms with Crippen molar-refractivity contribution in [1.29, 1.82) is 0 Å². The van der Waals surface area contributed by atoms with Crippen molar-refractivity contribution in [2.75, 3.05) is 18.4 Å². The summed E-state index contributed by atoms with van der Waals surface area (Å²) in [7, 11) is 0. The Balaban J connectivity index is 1.26. The predicted octanol–water partition coefficient (Wildman–Crippen LogP) is 2.49. The van der Waals surface area contributed by atoms with Crippen molar-refractivity contribution in [1.82, 2.24) is 15.2 Å². The number of carbonyl (C=O) groups excluding carboxylic acids is 2. The Bertz CT molecular complexity index is 668. The molecule has 1 aromatic rings. The second-order valence-electron chi connectivity index (χ2n) is 8.42. The summed E-state index contributed by atoms with van der Waals surface area (Å²) < 4.78 is 0. The number of nitrogens with one attached hydrogen (secondary N) is 2. The van der Waals surface area contributed by atoms with Gasteiger partial charge in [0.1, 0.15) is 5.82 Å². The van der Waals surface area contributed by atoms with Gasteiger partial charge in [-0.2, -0.15) is 0 Å². The first-order valence-electron chi connectivity index (χ1n) is 10.4. The number of aromatic nitrogens is 1. The molecule has 3 unspecified atom stereocenters. The molecule has 27 heavy (non-hydrogen) atoms. The highest BCUT2D eigenvalue weighted by Gasteiger charge is 2.40. The minimum Gasteiger partial charge on any atom is -0.341 e. The third-order valence-electron chi connectivity index (χ3n) is 6.50. The van der Waals surface area contributed by atoms with Crippen LogP contribution >= 0.6 is 0 Å². The zero-order chi connectivity index (χ0) is 18.8.